The van der Waals surface area contributed by atoms with Crippen LogP contribution in [0.25, 0.3) is 0 Å². The molecule has 17 heavy (non-hydrogen) atoms. The van der Waals surface area contributed by atoms with Gasteiger partial charge in [0.15, 0.2) is 0 Å². The SMILES string of the molecule is C[C@@H]1CN(C(=O)c2ccc(I)cc2)C[C@H](C)O1. The highest BCUT2D eigenvalue weighted by atomic mass is 127. The van der Waals surface area contributed by atoms with Crippen LogP contribution in [0.2, 0.25) is 0 Å². The molecule has 0 aliphatic carbocycles. The number of halogens is 1. The van der Waals surface area contributed by atoms with Crippen LogP contribution in [0.1, 0.15) is 24.2 Å². The number of carbonyl (C=O) groups is 1. The minimum absolute atomic E-state index is 0.100. The van der Waals surface area contributed by atoms with Crippen molar-refractivity contribution in [2.45, 2.75) is 26.1 Å². The minimum Gasteiger partial charge on any atom is -0.372 e. The molecule has 92 valence electrons. The Labute approximate surface area is 115 Å². The Morgan fingerprint density at radius 1 is 1.24 bits per heavy atom. The zero-order chi connectivity index (χ0) is 12.4. The molecule has 1 saturated heterocycles. The summed E-state index contributed by atoms with van der Waals surface area (Å²) in [5.41, 5.74) is 0.756. The predicted molar refractivity (Wildman–Crippen MR) is 75.1 cm³/mol. The molecule has 0 spiro atoms. The van der Waals surface area contributed by atoms with Gasteiger partial charge in [-0.3, -0.25) is 4.79 Å². The van der Waals surface area contributed by atoms with Crippen molar-refractivity contribution in [1.82, 2.24) is 4.90 Å². The van der Waals surface area contributed by atoms with Gasteiger partial charge in [-0.2, -0.15) is 0 Å². The van der Waals surface area contributed by atoms with Crippen LogP contribution >= 0.6 is 22.6 Å². The van der Waals surface area contributed by atoms with E-state index >= 15 is 0 Å². The molecule has 2 rings (SSSR count). The van der Waals surface area contributed by atoms with E-state index in [-0.39, 0.29) is 18.1 Å². The number of hydrogen-bond acceptors (Lipinski definition) is 2. The highest BCUT2D eigenvalue weighted by Crippen LogP contribution is 2.15. The van der Waals surface area contributed by atoms with Gasteiger partial charge < -0.3 is 9.64 Å². The van der Waals surface area contributed by atoms with E-state index < -0.39 is 0 Å². The molecule has 1 heterocycles. The molecule has 0 bridgehead atoms. The van der Waals surface area contributed by atoms with Crippen molar-refractivity contribution >= 4 is 28.5 Å². The molecule has 1 fully saturated rings. The largest absolute Gasteiger partial charge is 0.372 e. The molecule has 0 N–H and O–H groups in total. The number of hydrogen-bond donors (Lipinski definition) is 0. The van der Waals surface area contributed by atoms with E-state index in [9.17, 15) is 4.79 Å². The number of rotatable bonds is 1. The lowest BCUT2D eigenvalue weighted by molar-refractivity contribution is -0.0586. The molecule has 0 unspecified atom stereocenters. The number of amides is 1. The van der Waals surface area contributed by atoms with Gasteiger partial charge in [-0.05, 0) is 60.7 Å². The summed E-state index contributed by atoms with van der Waals surface area (Å²) in [5, 5.41) is 0. The standard InChI is InChI=1S/C13H16INO2/c1-9-7-15(8-10(2)17-9)13(16)11-3-5-12(14)6-4-11/h3-6,9-10H,7-8H2,1-2H3/t9-,10+. The Hall–Kier alpha value is -0.620. The van der Waals surface area contributed by atoms with Gasteiger partial charge in [0.1, 0.15) is 0 Å². The predicted octanol–water partition coefficient (Wildman–Crippen LogP) is 2.54. The summed E-state index contributed by atoms with van der Waals surface area (Å²) in [7, 11) is 0. The van der Waals surface area contributed by atoms with E-state index in [1.165, 1.54) is 0 Å². The first kappa shape index (κ1) is 12.8. The fraction of sp³-hybridized carbons (Fsp3) is 0.462. The van der Waals surface area contributed by atoms with Crippen molar-refractivity contribution in [3.63, 3.8) is 0 Å². The van der Waals surface area contributed by atoms with Crippen LogP contribution in [-0.4, -0.2) is 36.1 Å². The molecule has 3 nitrogen and oxygen atoms in total. The number of benzene rings is 1. The van der Waals surface area contributed by atoms with Gasteiger partial charge in [0.25, 0.3) is 5.91 Å². The Bertz CT molecular complexity index is 394. The lowest BCUT2D eigenvalue weighted by Gasteiger charge is -2.35. The maximum absolute atomic E-state index is 12.3. The normalized spacial score (nSPS) is 24.8. The molecule has 1 amide bonds. The molecule has 1 aromatic rings. The molecule has 0 saturated carbocycles. The summed E-state index contributed by atoms with van der Waals surface area (Å²) >= 11 is 2.24. The Morgan fingerprint density at radius 3 is 2.29 bits per heavy atom. The minimum atomic E-state index is 0.100. The monoisotopic (exact) mass is 345 g/mol. The average molecular weight is 345 g/mol. The van der Waals surface area contributed by atoms with Gasteiger partial charge in [-0.15, -0.1) is 0 Å². The molecule has 1 aliphatic heterocycles. The molecule has 0 aromatic heterocycles. The molecule has 1 aromatic carbocycles. The summed E-state index contributed by atoms with van der Waals surface area (Å²) in [5.74, 6) is 0.100. The second-order valence-corrected chi connectivity index (χ2v) is 5.72. The second-order valence-electron chi connectivity index (χ2n) is 4.47. The van der Waals surface area contributed by atoms with Crippen LogP contribution in [0.15, 0.2) is 24.3 Å². The van der Waals surface area contributed by atoms with Crippen molar-refractivity contribution in [2.75, 3.05) is 13.1 Å². The van der Waals surface area contributed by atoms with E-state index in [2.05, 4.69) is 22.6 Å². The number of carbonyl (C=O) groups excluding carboxylic acids is 1. The van der Waals surface area contributed by atoms with Crippen molar-refractivity contribution in [3.8, 4) is 0 Å². The maximum Gasteiger partial charge on any atom is 0.254 e. The fourth-order valence-electron chi connectivity index (χ4n) is 2.12. The summed E-state index contributed by atoms with van der Waals surface area (Å²) in [6.07, 6.45) is 0.234. The summed E-state index contributed by atoms with van der Waals surface area (Å²) in [6, 6.07) is 7.69. The molecular weight excluding hydrogens is 329 g/mol. The summed E-state index contributed by atoms with van der Waals surface area (Å²) < 4.78 is 6.77. The lowest BCUT2D eigenvalue weighted by atomic mass is 10.1. The first-order valence-electron chi connectivity index (χ1n) is 5.76. The van der Waals surface area contributed by atoms with Crippen molar-refractivity contribution in [1.29, 1.82) is 0 Å². The van der Waals surface area contributed by atoms with Crippen LogP contribution in [0, 0.1) is 3.57 Å². The van der Waals surface area contributed by atoms with Crippen molar-refractivity contribution < 1.29 is 9.53 Å². The number of nitrogens with zero attached hydrogens (tertiary/aromatic N) is 1. The van der Waals surface area contributed by atoms with E-state index in [1.807, 2.05) is 43.0 Å². The van der Waals surface area contributed by atoms with Gasteiger partial charge in [-0.1, -0.05) is 0 Å². The third kappa shape index (κ3) is 3.19. The Kier molecular flexibility index (Phi) is 4.04. The highest BCUT2D eigenvalue weighted by Gasteiger charge is 2.26. The molecule has 2 atom stereocenters. The third-order valence-corrected chi connectivity index (χ3v) is 3.52. The third-order valence-electron chi connectivity index (χ3n) is 2.80. The maximum atomic E-state index is 12.3. The molecule has 4 heteroatoms. The van der Waals surface area contributed by atoms with E-state index in [0.717, 1.165) is 9.13 Å². The second kappa shape index (κ2) is 5.35. The topological polar surface area (TPSA) is 29.5 Å². The molecular formula is C13H16INO2. The van der Waals surface area contributed by atoms with Crippen LogP contribution in [0.3, 0.4) is 0 Å². The van der Waals surface area contributed by atoms with Crippen LogP contribution in [-0.2, 0) is 4.74 Å². The van der Waals surface area contributed by atoms with Crippen LogP contribution in [0.4, 0.5) is 0 Å². The average Bonchev–Trinajstić information content (AvgIpc) is 2.28. The number of ether oxygens (including phenoxy) is 1. The van der Waals surface area contributed by atoms with Crippen LogP contribution in [0.5, 0.6) is 0 Å². The molecule has 0 radical (unpaired) electrons. The first-order valence-corrected chi connectivity index (χ1v) is 6.84. The summed E-state index contributed by atoms with van der Waals surface area (Å²) in [6.45, 7) is 5.36. The van der Waals surface area contributed by atoms with Gasteiger partial charge in [0, 0.05) is 22.2 Å². The fourth-order valence-corrected chi connectivity index (χ4v) is 2.48. The quantitative estimate of drug-likeness (QED) is 0.732. The zero-order valence-corrected chi connectivity index (χ0v) is 12.2. The van der Waals surface area contributed by atoms with Gasteiger partial charge in [0.2, 0.25) is 0 Å². The Balaban J connectivity index is 2.11. The Morgan fingerprint density at radius 2 is 1.76 bits per heavy atom. The van der Waals surface area contributed by atoms with Crippen molar-refractivity contribution in [2.24, 2.45) is 0 Å². The van der Waals surface area contributed by atoms with E-state index in [1.54, 1.807) is 0 Å². The summed E-state index contributed by atoms with van der Waals surface area (Å²) in [4.78, 5) is 14.1. The van der Waals surface area contributed by atoms with Gasteiger partial charge in [-0.25, -0.2) is 0 Å². The first-order chi connectivity index (χ1) is 8.06. The molecule has 1 aliphatic rings. The van der Waals surface area contributed by atoms with E-state index in [4.69, 9.17) is 4.74 Å². The number of morpholine rings is 1. The van der Waals surface area contributed by atoms with Gasteiger partial charge in [0.05, 0.1) is 12.2 Å². The van der Waals surface area contributed by atoms with Gasteiger partial charge >= 0.3 is 0 Å². The highest BCUT2D eigenvalue weighted by molar-refractivity contribution is 14.1. The smallest absolute Gasteiger partial charge is 0.254 e. The zero-order valence-electron chi connectivity index (χ0n) is 10.0. The van der Waals surface area contributed by atoms with Crippen molar-refractivity contribution in [3.05, 3.63) is 33.4 Å². The van der Waals surface area contributed by atoms with Crippen LogP contribution < -0.4 is 0 Å². The lowest BCUT2D eigenvalue weighted by Crippen LogP contribution is -2.48. The van der Waals surface area contributed by atoms with E-state index in [0.29, 0.717) is 13.1 Å².